The Kier molecular flexibility index (Phi) is 15.5. The van der Waals surface area contributed by atoms with Crippen LogP contribution in [0, 0.1) is 5.41 Å². The summed E-state index contributed by atoms with van der Waals surface area (Å²) in [6.45, 7) is 5.91. The molecule has 1 heterocycles. The van der Waals surface area contributed by atoms with Crippen LogP contribution in [0.4, 0.5) is 27.7 Å². The Hall–Kier alpha value is -6.26. The number of aromatic nitrogens is 1. The van der Waals surface area contributed by atoms with Crippen LogP contribution in [0.2, 0.25) is 0 Å². The number of amides is 3. The van der Waals surface area contributed by atoms with E-state index in [4.69, 9.17) is 35.3 Å². The molecular weight excluding hydrogens is 745 g/mol. The number of hydrogen-bond acceptors (Lipinski definition) is 12. The van der Waals surface area contributed by atoms with Crippen molar-refractivity contribution in [3.05, 3.63) is 102 Å². The number of carbonyl (C=O) groups is 3. The first-order valence-corrected chi connectivity index (χ1v) is 18.3. The molecule has 3 amide bonds. The summed E-state index contributed by atoms with van der Waals surface area (Å²) in [6, 6.07) is 22.9. The number of nitrogens with two attached hydrogens (primary N) is 1. The van der Waals surface area contributed by atoms with E-state index in [1.807, 2.05) is 57.2 Å². The molecule has 1 aromatic heterocycles. The lowest BCUT2D eigenvalue weighted by atomic mass is 9.85. The number of rotatable bonds is 16. The summed E-state index contributed by atoms with van der Waals surface area (Å²) in [5.74, 6) is 1.94. The van der Waals surface area contributed by atoms with Crippen LogP contribution >= 0.6 is 0 Å². The third-order valence-corrected chi connectivity index (χ3v) is 9.13. The maximum absolute atomic E-state index is 13.4. The van der Waals surface area contributed by atoms with Crippen LogP contribution in [-0.4, -0.2) is 86.2 Å². The zero-order chi connectivity index (χ0) is 42.5. The van der Waals surface area contributed by atoms with E-state index in [-0.39, 0.29) is 31.7 Å². The molecule has 5 rings (SSSR count). The number of aldehydes is 1. The van der Waals surface area contributed by atoms with Gasteiger partial charge in [-0.15, -0.1) is 0 Å². The zero-order valence-corrected chi connectivity index (χ0v) is 33.5. The van der Waals surface area contributed by atoms with Crippen LogP contribution < -0.4 is 41.2 Å². The Balaban J connectivity index is 0.000000657. The highest BCUT2D eigenvalue weighted by atomic mass is 16.5. The highest BCUT2D eigenvalue weighted by molar-refractivity contribution is 6.08. The number of nitrogens with one attached hydrogen (secondary N) is 4. The van der Waals surface area contributed by atoms with Gasteiger partial charge in [0.25, 0.3) is 0 Å². The van der Waals surface area contributed by atoms with E-state index in [1.54, 1.807) is 55.7 Å². The highest BCUT2D eigenvalue weighted by Gasteiger charge is 2.27. The molecule has 0 bridgehead atoms. The van der Waals surface area contributed by atoms with E-state index < -0.39 is 17.4 Å². The first kappa shape index (κ1) is 44.5. The fourth-order valence-electron chi connectivity index (χ4n) is 5.92. The molecular formula is C43H52N6O9. The number of hydrogen-bond donors (Lipinski definition) is 8. The predicted octanol–water partition coefficient (Wildman–Crippen LogP) is 5.74. The molecule has 5 aromatic rings. The minimum absolute atomic E-state index is 0.0340. The van der Waals surface area contributed by atoms with Crippen LogP contribution in [0.25, 0.3) is 10.8 Å². The number of pyridine rings is 1. The van der Waals surface area contributed by atoms with E-state index in [9.17, 15) is 14.4 Å². The van der Waals surface area contributed by atoms with Crippen molar-refractivity contribution in [1.82, 2.24) is 10.3 Å². The van der Waals surface area contributed by atoms with Crippen molar-refractivity contribution in [2.24, 2.45) is 11.1 Å². The van der Waals surface area contributed by atoms with Gasteiger partial charge >= 0.3 is 6.03 Å². The van der Waals surface area contributed by atoms with E-state index >= 15 is 0 Å². The Morgan fingerprint density at radius 1 is 0.828 bits per heavy atom. The lowest BCUT2D eigenvalue weighted by Gasteiger charge is -2.26. The molecule has 15 nitrogen and oxygen atoms in total. The number of urea groups is 1. The molecule has 4 aromatic carbocycles. The number of anilines is 4. The molecule has 0 saturated heterocycles. The number of carbonyl (C=O) groups excluding carboxylic acids is 3. The molecule has 58 heavy (non-hydrogen) atoms. The maximum atomic E-state index is 13.4. The number of primary amides is 1. The van der Waals surface area contributed by atoms with Crippen molar-refractivity contribution in [3.8, 4) is 23.0 Å². The van der Waals surface area contributed by atoms with Crippen molar-refractivity contribution in [1.29, 1.82) is 0 Å². The summed E-state index contributed by atoms with van der Waals surface area (Å²) >= 11 is 0. The third kappa shape index (κ3) is 11.4. The number of aliphatic hydroxyl groups is 3. The first-order chi connectivity index (χ1) is 27.7. The second-order valence-electron chi connectivity index (χ2n) is 14.5. The molecule has 0 aliphatic carbocycles. The van der Waals surface area contributed by atoms with Gasteiger partial charge in [0.1, 0.15) is 28.8 Å². The van der Waals surface area contributed by atoms with E-state index in [2.05, 4.69) is 26.3 Å². The lowest BCUT2D eigenvalue weighted by Crippen LogP contribution is -2.42. The zero-order valence-electron chi connectivity index (χ0n) is 33.5. The van der Waals surface area contributed by atoms with Gasteiger partial charge < -0.3 is 56.5 Å². The van der Waals surface area contributed by atoms with Crippen molar-refractivity contribution in [3.63, 3.8) is 0 Å². The van der Waals surface area contributed by atoms with Crippen molar-refractivity contribution < 1.29 is 43.9 Å². The van der Waals surface area contributed by atoms with Crippen LogP contribution in [0.3, 0.4) is 0 Å². The molecule has 0 radical (unpaired) electrons. The predicted molar refractivity (Wildman–Crippen MR) is 225 cm³/mol. The van der Waals surface area contributed by atoms with E-state index in [0.717, 1.165) is 22.6 Å². The number of fused-ring (bicyclic) bond motifs is 1. The summed E-state index contributed by atoms with van der Waals surface area (Å²) in [5, 5.41) is 39.6. The van der Waals surface area contributed by atoms with Gasteiger partial charge in [-0.1, -0.05) is 51.1 Å². The maximum Gasteiger partial charge on any atom is 0.323 e. The monoisotopic (exact) mass is 796 g/mol. The minimum Gasteiger partial charge on any atom is -0.496 e. The van der Waals surface area contributed by atoms with Crippen LogP contribution in [0.5, 0.6) is 23.0 Å². The SMILES string of the molecule is CNCC(CO)(CO)CO.COc1cc(Nc2cc(Oc3ccc(NC(=O)Nc4cc(C(C)(C)C)cc(CC(N)=O)c4OC)c4ccccc34)ccn2)ccc1C=O. The molecule has 9 N–H and O–H groups in total. The standard InChI is InChI=1S/C37H37N5O6.C6H15NO3/c1-37(2,3)24-16-23(17-33(38)44)35(47-5)30(18-24)42-36(45)41-29-12-13-31(28-9-7-6-8-27(28)29)48-26-14-15-39-34(20-26)40-25-11-10-22(21-43)32(19-25)46-4;1-7-2-6(3-8,4-9)5-10/h6-16,18-21H,17H2,1-5H3,(H2,38,44)(H,39,40)(H2,41,42,45);7-10H,2-5H2,1H3. The van der Waals surface area contributed by atoms with Gasteiger partial charge in [0, 0.05) is 46.9 Å². The molecule has 0 atom stereocenters. The molecule has 15 heteroatoms. The van der Waals surface area contributed by atoms with Crippen molar-refractivity contribution >= 4 is 51.9 Å². The van der Waals surface area contributed by atoms with Crippen LogP contribution in [0.15, 0.2) is 85.1 Å². The summed E-state index contributed by atoms with van der Waals surface area (Å²) in [4.78, 5) is 40.8. The molecule has 0 fully saturated rings. The summed E-state index contributed by atoms with van der Waals surface area (Å²) in [7, 11) is 4.69. The van der Waals surface area contributed by atoms with E-state index in [0.29, 0.717) is 63.5 Å². The van der Waals surface area contributed by atoms with Crippen molar-refractivity contribution in [2.45, 2.75) is 32.6 Å². The average molecular weight is 797 g/mol. The fraction of sp³-hybridized carbons (Fsp3) is 0.302. The molecule has 0 aliphatic rings. The van der Waals surface area contributed by atoms with Gasteiger partial charge in [-0.25, -0.2) is 9.78 Å². The third-order valence-electron chi connectivity index (χ3n) is 9.13. The summed E-state index contributed by atoms with van der Waals surface area (Å²) < 4.78 is 17.2. The number of ether oxygens (including phenoxy) is 3. The largest absolute Gasteiger partial charge is 0.496 e. The first-order valence-electron chi connectivity index (χ1n) is 18.3. The molecule has 0 saturated carbocycles. The van der Waals surface area contributed by atoms with E-state index in [1.165, 1.54) is 14.2 Å². The minimum atomic E-state index is -0.769. The smallest absolute Gasteiger partial charge is 0.323 e. The van der Waals surface area contributed by atoms with Crippen LogP contribution in [0.1, 0.15) is 42.3 Å². The fourth-order valence-corrected chi connectivity index (χ4v) is 5.92. The Bertz CT molecular complexity index is 2190. The van der Waals surface area contributed by atoms with Gasteiger partial charge in [0.05, 0.1) is 62.8 Å². The quantitative estimate of drug-likeness (QED) is 0.0560. The Morgan fingerprint density at radius 3 is 2.10 bits per heavy atom. The number of aliphatic hydroxyl groups excluding tert-OH is 3. The second-order valence-corrected chi connectivity index (χ2v) is 14.5. The number of methoxy groups -OCH3 is 2. The second kappa shape index (κ2) is 20.2. The van der Waals surface area contributed by atoms with Crippen molar-refractivity contribution in [2.75, 3.05) is 63.6 Å². The summed E-state index contributed by atoms with van der Waals surface area (Å²) in [6.07, 6.45) is 2.32. The Morgan fingerprint density at radius 2 is 1.52 bits per heavy atom. The number of benzene rings is 4. The normalized spacial score (nSPS) is 11.2. The summed E-state index contributed by atoms with van der Waals surface area (Å²) in [5.41, 5.74) is 8.08. The molecule has 0 spiro atoms. The van der Waals surface area contributed by atoms with Gasteiger partial charge in [-0.05, 0) is 54.4 Å². The van der Waals surface area contributed by atoms with Gasteiger partial charge in [-0.2, -0.15) is 0 Å². The highest BCUT2D eigenvalue weighted by Crippen LogP contribution is 2.38. The lowest BCUT2D eigenvalue weighted by molar-refractivity contribution is -0.117. The van der Waals surface area contributed by atoms with Crippen LogP contribution in [-0.2, 0) is 16.6 Å². The average Bonchev–Trinajstić information content (AvgIpc) is 3.20. The number of nitrogens with zero attached hydrogens (tertiary/aromatic N) is 1. The topological polar surface area (TPSA) is 227 Å². The van der Waals surface area contributed by atoms with Gasteiger partial charge in [-0.3, -0.25) is 9.59 Å². The Labute approximate surface area is 337 Å². The van der Waals surface area contributed by atoms with Gasteiger partial charge in [0.2, 0.25) is 5.91 Å². The molecule has 308 valence electrons. The molecule has 0 aliphatic heterocycles. The van der Waals surface area contributed by atoms with Gasteiger partial charge in [0.15, 0.2) is 6.29 Å². The molecule has 0 unspecified atom stereocenters.